The van der Waals surface area contributed by atoms with E-state index in [0.29, 0.717) is 13.2 Å². The van der Waals surface area contributed by atoms with Crippen LogP contribution in [0.3, 0.4) is 0 Å². The molecule has 2 atom stereocenters. The van der Waals surface area contributed by atoms with Gasteiger partial charge in [0.15, 0.2) is 0 Å². The fourth-order valence-electron chi connectivity index (χ4n) is 1.31. The third-order valence-electron chi connectivity index (χ3n) is 2.76. The number of hydrogen-bond donors (Lipinski definition) is 1. The lowest BCUT2D eigenvalue weighted by Gasteiger charge is -2.24. The van der Waals surface area contributed by atoms with E-state index < -0.39 is 0 Å². The summed E-state index contributed by atoms with van der Waals surface area (Å²) in [7, 11) is 3.45. The molecule has 90 valence electrons. The van der Waals surface area contributed by atoms with Crippen molar-refractivity contribution < 1.29 is 9.53 Å². The topological polar surface area (TPSA) is 55.6 Å². The normalized spacial score (nSPS) is 14.7. The molecule has 0 aliphatic carbocycles. The highest BCUT2D eigenvalue weighted by molar-refractivity contribution is 5.81. The Hall–Kier alpha value is -0.610. The third kappa shape index (κ3) is 5.14. The van der Waals surface area contributed by atoms with Crippen LogP contribution < -0.4 is 5.73 Å². The molecule has 0 bridgehead atoms. The maximum atomic E-state index is 11.8. The van der Waals surface area contributed by atoms with Crippen LogP contribution in [0.4, 0.5) is 0 Å². The van der Waals surface area contributed by atoms with Crippen molar-refractivity contribution in [3.63, 3.8) is 0 Å². The molecule has 0 aliphatic rings. The summed E-state index contributed by atoms with van der Waals surface area (Å²) in [5.41, 5.74) is 5.85. The van der Waals surface area contributed by atoms with Gasteiger partial charge in [-0.15, -0.1) is 0 Å². The first-order chi connectivity index (χ1) is 7.04. The highest BCUT2D eigenvalue weighted by Crippen LogP contribution is 2.07. The Bertz CT molecular complexity index is 185. The van der Waals surface area contributed by atoms with E-state index in [0.717, 1.165) is 12.8 Å². The first-order valence-electron chi connectivity index (χ1n) is 5.54. The molecular weight excluding hydrogens is 192 g/mol. The van der Waals surface area contributed by atoms with Crippen molar-refractivity contribution in [2.75, 3.05) is 27.3 Å². The van der Waals surface area contributed by atoms with Gasteiger partial charge in [-0.05, 0) is 12.3 Å². The van der Waals surface area contributed by atoms with Crippen molar-refractivity contribution in [3.8, 4) is 0 Å². The summed E-state index contributed by atoms with van der Waals surface area (Å²) >= 11 is 0. The Morgan fingerprint density at radius 1 is 1.53 bits per heavy atom. The number of carbonyl (C=O) groups excluding carboxylic acids is 1. The highest BCUT2D eigenvalue weighted by atomic mass is 16.5. The van der Waals surface area contributed by atoms with Gasteiger partial charge in [-0.2, -0.15) is 0 Å². The SMILES string of the molecule is CC[C@H](C)[C@H](N)C(=O)N(C)CCCOC. The van der Waals surface area contributed by atoms with Crippen LogP contribution >= 0.6 is 0 Å². The van der Waals surface area contributed by atoms with Crippen molar-refractivity contribution in [1.29, 1.82) is 0 Å². The summed E-state index contributed by atoms with van der Waals surface area (Å²) in [5, 5.41) is 0. The minimum absolute atomic E-state index is 0.0282. The lowest BCUT2D eigenvalue weighted by Crippen LogP contribution is -2.45. The van der Waals surface area contributed by atoms with E-state index in [1.54, 1.807) is 19.1 Å². The molecule has 0 spiro atoms. The highest BCUT2D eigenvalue weighted by Gasteiger charge is 2.22. The number of rotatable bonds is 7. The fourth-order valence-corrected chi connectivity index (χ4v) is 1.31. The number of nitrogens with two attached hydrogens (primary N) is 1. The molecule has 4 nitrogen and oxygen atoms in total. The predicted molar refractivity (Wildman–Crippen MR) is 61.6 cm³/mol. The van der Waals surface area contributed by atoms with Gasteiger partial charge in [0, 0.05) is 27.3 Å². The maximum absolute atomic E-state index is 11.8. The van der Waals surface area contributed by atoms with Gasteiger partial charge in [-0.1, -0.05) is 20.3 Å². The molecule has 0 saturated heterocycles. The largest absolute Gasteiger partial charge is 0.385 e. The number of ether oxygens (including phenoxy) is 1. The molecule has 0 fully saturated rings. The second-order valence-corrected chi connectivity index (χ2v) is 4.02. The summed E-state index contributed by atoms with van der Waals surface area (Å²) in [4.78, 5) is 13.5. The lowest BCUT2D eigenvalue weighted by atomic mass is 9.99. The van der Waals surface area contributed by atoms with Gasteiger partial charge in [0.1, 0.15) is 0 Å². The average Bonchev–Trinajstić information content (AvgIpc) is 2.26. The minimum atomic E-state index is -0.373. The van der Waals surface area contributed by atoms with Gasteiger partial charge in [0.25, 0.3) is 0 Å². The van der Waals surface area contributed by atoms with Gasteiger partial charge in [0.2, 0.25) is 5.91 Å². The smallest absolute Gasteiger partial charge is 0.239 e. The summed E-state index contributed by atoms with van der Waals surface area (Å²) in [5.74, 6) is 0.267. The van der Waals surface area contributed by atoms with Crippen LogP contribution in [0.15, 0.2) is 0 Å². The van der Waals surface area contributed by atoms with Crippen LogP contribution in [-0.4, -0.2) is 44.2 Å². The van der Waals surface area contributed by atoms with Crippen LogP contribution in [0.1, 0.15) is 26.7 Å². The molecule has 4 heteroatoms. The van der Waals surface area contributed by atoms with E-state index in [4.69, 9.17) is 10.5 Å². The number of methoxy groups -OCH3 is 1. The second-order valence-electron chi connectivity index (χ2n) is 4.02. The molecular formula is C11H24N2O2. The Balaban J connectivity index is 3.96. The molecule has 0 unspecified atom stereocenters. The first kappa shape index (κ1) is 14.4. The number of hydrogen-bond acceptors (Lipinski definition) is 3. The Labute approximate surface area is 92.8 Å². The molecule has 0 aliphatic heterocycles. The molecule has 0 heterocycles. The van der Waals surface area contributed by atoms with E-state index in [9.17, 15) is 4.79 Å². The zero-order valence-electron chi connectivity index (χ0n) is 10.3. The number of likely N-dealkylation sites (N-methyl/N-ethyl adjacent to an activating group) is 1. The van der Waals surface area contributed by atoms with Crippen molar-refractivity contribution in [2.24, 2.45) is 11.7 Å². The van der Waals surface area contributed by atoms with Gasteiger partial charge in [-0.25, -0.2) is 0 Å². The average molecular weight is 216 g/mol. The first-order valence-corrected chi connectivity index (χ1v) is 5.54. The van der Waals surface area contributed by atoms with E-state index >= 15 is 0 Å². The monoisotopic (exact) mass is 216 g/mol. The molecule has 0 aromatic carbocycles. The standard InChI is InChI=1S/C11H24N2O2/c1-5-9(2)10(12)11(14)13(3)7-6-8-15-4/h9-10H,5-8,12H2,1-4H3/t9-,10-/m0/s1. The Morgan fingerprint density at radius 3 is 2.60 bits per heavy atom. The molecule has 15 heavy (non-hydrogen) atoms. The minimum Gasteiger partial charge on any atom is -0.385 e. The second kappa shape index (κ2) is 7.65. The zero-order valence-corrected chi connectivity index (χ0v) is 10.3. The van der Waals surface area contributed by atoms with Crippen LogP contribution in [-0.2, 0) is 9.53 Å². The van der Waals surface area contributed by atoms with Crippen molar-refractivity contribution in [1.82, 2.24) is 4.90 Å². The Morgan fingerprint density at radius 2 is 2.13 bits per heavy atom. The van der Waals surface area contributed by atoms with Crippen molar-refractivity contribution in [2.45, 2.75) is 32.7 Å². The molecule has 0 aromatic rings. The molecule has 0 aromatic heterocycles. The van der Waals surface area contributed by atoms with E-state index in [-0.39, 0.29) is 17.9 Å². The Kier molecular flexibility index (Phi) is 7.34. The summed E-state index contributed by atoms with van der Waals surface area (Å²) in [6.07, 6.45) is 1.78. The van der Waals surface area contributed by atoms with Gasteiger partial charge in [0.05, 0.1) is 6.04 Å². The number of nitrogens with zero attached hydrogens (tertiary/aromatic N) is 1. The zero-order chi connectivity index (χ0) is 11.8. The van der Waals surface area contributed by atoms with Crippen molar-refractivity contribution >= 4 is 5.91 Å². The summed E-state index contributed by atoms with van der Waals surface area (Å²) in [6.45, 7) is 5.43. The predicted octanol–water partition coefficient (Wildman–Crippen LogP) is 0.855. The number of carbonyl (C=O) groups is 1. The fraction of sp³-hybridized carbons (Fsp3) is 0.909. The lowest BCUT2D eigenvalue weighted by molar-refractivity contribution is -0.132. The molecule has 2 N–H and O–H groups in total. The van der Waals surface area contributed by atoms with Crippen LogP contribution in [0.25, 0.3) is 0 Å². The molecule has 1 amide bonds. The van der Waals surface area contributed by atoms with Crippen LogP contribution in [0.5, 0.6) is 0 Å². The maximum Gasteiger partial charge on any atom is 0.239 e. The number of amides is 1. The molecule has 0 radical (unpaired) electrons. The van der Waals surface area contributed by atoms with E-state index in [2.05, 4.69) is 0 Å². The van der Waals surface area contributed by atoms with E-state index in [1.165, 1.54) is 0 Å². The summed E-state index contributed by atoms with van der Waals surface area (Å²) in [6, 6.07) is -0.373. The summed E-state index contributed by atoms with van der Waals surface area (Å²) < 4.78 is 4.93. The van der Waals surface area contributed by atoms with E-state index in [1.807, 2.05) is 13.8 Å². The van der Waals surface area contributed by atoms with Crippen LogP contribution in [0, 0.1) is 5.92 Å². The molecule has 0 rings (SSSR count). The quantitative estimate of drug-likeness (QED) is 0.642. The van der Waals surface area contributed by atoms with Gasteiger partial charge < -0.3 is 15.4 Å². The van der Waals surface area contributed by atoms with Gasteiger partial charge in [-0.3, -0.25) is 4.79 Å². The van der Waals surface area contributed by atoms with Crippen LogP contribution in [0.2, 0.25) is 0 Å². The molecule has 0 saturated carbocycles. The van der Waals surface area contributed by atoms with Crippen molar-refractivity contribution in [3.05, 3.63) is 0 Å². The third-order valence-corrected chi connectivity index (χ3v) is 2.76. The van der Waals surface area contributed by atoms with Gasteiger partial charge >= 0.3 is 0 Å².